The lowest BCUT2D eigenvalue weighted by Crippen LogP contribution is -2.64. The number of H-pyrrole nitrogens is 1. The summed E-state index contributed by atoms with van der Waals surface area (Å²) in [6, 6.07) is 6.96. The van der Waals surface area contributed by atoms with Crippen LogP contribution in [0.3, 0.4) is 0 Å². The van der Waals surface area contributed by atoms with Gasteiger partial charge in [-0.05, 0) is 35.8 Å². The number of halogens is 3. The molecular weight excluding hydrogens is 443 g/mol. The molecule has 0 radical (unpaired) electrons. The first kappa shape index (κ1) is 21.0. The molecule has 2 saturated heterocycles. The second kappa shape index (κ2) is 7.89. The highest BCUT2D eigenvalue weighted by Gasteiger charge is 2.37. The molecule has 0 bridgehead atoms. The highest BCUT2D eigenvalue weighted by molar-refractivity contribution is 7.08. The first-order chi connectivity index (χ1) is 15.3. The van der Waals surface area contributed by atoms with Crippen LogP contribution in [0.5, 0.6) is 0 Å². The number of piperazine rings is 1. The highest BCUT2D eigenvalue weighted by atomic mass is 32.1. The van der Waals surface area contributed by atoms with E-state index < -0.39 is 11.7 Å². The molecule has 32 heavy (non-hydrogen) atoms. The van der Waals surface area contributed by atoms with Gasteiger partial charge in [0.15, 0.2) is 0 Å². The number of amides is 2. The van der Waals surface area contributed by atoms with Gasteiger partial charge in [-0.1, -0.05) is 6.07 Å². The Balaban J connectivity index is 1.16. The lowest BCUT2D eigenvalue weighted by atomic mass is 10.1. The monoisotopic (exact) mass is 463 g/mol. The number of alkyl halides is 3. The fourth-order valence-electron chi connectivity index (χ4n) is 4.21. The van der Waals surface area contributed by atoms with Crippen molar-refractivity contribution in [3.05, 3.63) is 52.7 Å². The molecule has 11 heteroatoms. The van der Waals surface area contributed by atoms with Gasteiger partial charge in [-0.3, -0.25) is 14.5 Å². The standard InChI is InChI=1S/C21H20F3N5O2S/c22-21(23,24)14-2-1-13-9-17(26-16(13)10-14)19(30)29-11-15(12-29)27-5-7-28(8-6-27)20(31)18-3-4-25-32-18/h1-4,9-10,15,26H,5-8,11-12H2. The molecule has 1 N–H and O–H groups in total. The number of hydrogen-bond acceptors (Lipinski definition) is 5. The molecule has 168 valence electrons. The summed E-state index contributed by atoms with van der Waals surface area (Å²) in [5.74, 6) is -0.213. The summed E-state index contributed by atoms with van der Waals surface area (Å²) in [4.78, 5) is 34.5. The number of hydrogen-bond donors (Lipinski definition) is 1. The molecule has 7 nitrogen and oxygen atoms in total. The minimum absolute atomic E-state index is 0.00468. The Bertz CT molecular complexity index is 1150. The van der Waals surface area contributed by atoms with Crippen molar-refractivity contribution < 1.29 is 22.8 Å². The quantitative estimate of drug-likeness (QED) is 0.649. The zero-order valence-corrected chi connectivity index (χ0v) is 17.7. The van der Waals surface area contributed by atoms with Gasteiger partial charge in [-0.15, -0.1) is 0 Å². The number of carbonyl (C=O) groups excluding carboxylic acids is 2. The molecule has 4 heterocycles. The molecule has 0 aliphatic carbocycles. The van der Waals surface area contributed by atoms with E-state index in [4.69, 9.17) is 0 Å². The lowest BCUT2D eigenvalue weighted by molar-refractivity contribution is -0.137. The van der Waals surface area contributed by atoms with Crippen molar-refractivity contribution >= 4 is 34.2 Å². The zero-order valence-electron chi connectivity index (χ0n) is 16.9. The van der Waals surface area contributed by atoms with E-state index in [1.165, 1.54) is 17.6 Å². The molecule has 0 atom stereocenters. The van der Waals surface area contributed by atoms with Gasteiger partial charge in [0, 0.05) is 62.4 Å². The first-order valence-corrected chi connectivity index (χ1v) is 11.0. The van der Waals surface area contributed by atoms with E-state index in [1.54, 1.807) is 23.2 Å². The topological polar surface area (TPSA) is 72.5 Å². The van der Waals surface area contributed by atoms with Gasteiger partial charge in [-0.2, -0.15) is 13.2 Å². The van der Waals surface area contributed by atoms with Crippen LogP contribution >= 0.6 is 11.5 Å². The van der Waals surface area contributed by atoms with Gasteiger partial charge in [0.05, 0.1) is 5.56 Å². The maximum Gasteiger partial charge on any atom is 0.416 e. The van der Waals surface area contributed by atoms with Gasteiger partial charge < -0.3 is 14.8 Å². The van der Waals surface area contributed by atoms with Crippen LogP contribution < -0.4 is 0 Å². The van der Waals surface area contributed by atoms with Crippen LogP contribution in [0, 0.1) is 0 Å². The molecular formula is C21H20F3N5O2S. The molecule has 2 aliphatic heterocycles. The van der Waals surface area contributed by atoms with Crippen LogP contribution in [0.4, 0.5) is 13.2 Å². The molecule has 3 aromatic rings. The summed E-state index contributed by atoms with van der Waals surface area (Å²) in [6.45, 7) is 3.86. The minimum Gasteiger partial charge on any atom is -0.351 e. The molecule has 0 saturated carbocycles. The Morgan fingerprint density at radius 1 is 1.00 bits per heavy atom. The summed E-state index contributed by atoms with van der Waals surface area (Å²) in [5.41, 5.74) is -0.164. The molecule has 1 aromatic carbocycles. The smallest absolute Gasteiger partial charge is 0.351 e. The van der Waals surface area contributed by atoms with Crippen molar-refractivity contribution in [3.63, 3.8) is 0 Å². The number of fused-ring (bicyclic) bond motifs is 1. The number of aromatic amines is 1. The Morgan fingerprint density at radius 2 is 1.75 bits per heavy atom. The third-order valence-electron chi connectivity index (χ3n) is 6.10. The van der Waals surface area contributed by atoms with E-state index in [9.17, 15) is 22.8 Å². The predicted octanol–water partition coefficient (Wildman–Crippen LogP) is 2.93. The second-order valence-corrected chi connectivity index (χ2v) is 8.88. The van der Waals surface area contributed by atoms with Crippen LogP contribution in [-0.2, 0) is 6.18 Å². The molecule has 2 fully saturated rings. The van der Waals surface area contributed by atoms with E-state index in [1.807, 2.05) is 4.90 Å². The van der Waals surface area contributed by atoms with Crippen molar-refractivity contribution in [2.75, 3.05) is 39.3 Å². The van der Waals surface area contributed by atoms with Gasteiger partial charge in [0.1, 0.15) is 10.6 Å². The van der Waals surface area contributed by atoms with Crippen LogP contribution in [-0.4, -0.2) is 81.2 Å². The number of nitrogens with one attached hydrogen (secondary N) is 1. The highest BCUT2D eigenvalue weighted by Crippen LogP contribution is 2.32. The fourth-order valence-corrected chi connectivity index (χ4v) is 4.78. The fraction of sp³-hybridized carbons (Fsp3) is 0.381. The van der Waals surface area contributed by atoms with Crippen LogP contribution in [0.2, 0.25) is 0 Å². The summed E-state index contributed by atoms with van der Waals surface area (Å²) in [7, 11) is 0. The number of likely N-dealkylation sites (tertiary alicyclic amines) is 1. The van der Waals surface area contributed by atoms with Crippen molar-refractivity contribution in [2.45, 2.75) is 12.2 Å². The van der Waals surface area contributed by atoms with Crippen LogP contribution in [0.1, 0.15) is 25.7 Å². The number of rotatable bonds is 3. The third-order valence-corrected chi connectivity index (χ3v) is 6.83. The number of aromatic nitrogens is 2. The Hall–Kier alpha value is -2.92. The maximum absolute atomic E-state index is 12.9. The SMILES string of the molecule is O=C(c1cc2ccc(C(F)(F)F)cc2[nH]1)N1CC(N2CCN(C(=O)c3ccns3)CC2)C1. The zero-order chi connectivity index (χ0) is 22.5. The summed E-state index contributed by atoms with van der Waals surface area (Å²) in [5, 5.41) is 0.570. The van der Waals surface area contributed by atoms with Crippen LogP contribution in [0.15, 0.2) is 36.5 Å². The maximum atomic E-state index is 12.9. The van der Waals surface area contributed by atoms with Crippen molar-refractivity contribution in [3.8, 4) is 0 Å². The molecule has 5 rings (SSSR count). The second-order valence-electron chi connectivity index (χ2n) is 8.05. The van der Waals surface area contributed by atoms with E-state index in [2.05, 4.69) is 14.3 Å². The lowest BCUT2D eigenvalue weighted by Gasteiger charge is -2.48. The van der Waals surface area contributed by atoms with Gasteiger partial charge in [0.2, 0.25) is 0 Å². The Labute approximate surface area is 185 Å². The number of benzene rings is 1. The minimum atomic E-state index is -4.43. The molecule has 0 unspecified atom stereocenters. The van der Waals surface area contributed by atoms with E-state index in [-0.39, 0.29) is 23.6 Å². The van der Waals surface area contributed by atoms with Crippen LogP contribution in [0.25, 0.3) is 10.9 Å². The number of nitrogens with zero attached hydrogens (tertiary/aromatic N) is 4. The first-order valence-electron chi connectivity index (χ1n) is 10.2. The summed E-state index contributed by atoms with van der Waals surface area (Å²) >= 11 is 1.19. The van der Waals surface area contributed by atoms with E-state index >= 15 is 0 Å². The average molecular weight is 463 g/mol. The van der Waals surface area contributed by atoms with Crippen molar-refractivity contribution in [2.24, 2.45) is 0 Å². The summed E-state index contributed by atoms with van der Waals surface area (Å²) < 4.78 is 42.7. The average Bonchev–Trinajstić information content (AvgIpc) is 3.41. The van der Waals surface area contributed by atoms with Gasteiger partial charge in [0.25, 0.3) is 11.8 Å². The van der Waals surface area contributed by atoms with Crippen molar-refractivity contribution in [1.29, 1.82) is 0 Å². The molecule has 2 aliphatic rings. The van der Waals surface area contributed by atoms with Crippen molar-refractivity contribution in [1.82, 2.24) is 24.1 Å². The Kier molecular flexibility index (Phi) is 5.17. The van der Waals surface area contributed by atoms with Gasteiger partial charge >= 0.3 is 6.18 Å². The largest absolute Gasteiger partial charge is 0.416 e. The molecule has 2 aromatic heterocycles. The Morgan fingerprint density at radius 3 is 2.41 bits per heavy atom. The normalized spacial score (nSPS) is 18.2. The third kappa shape index (κ3) is 3.86. The summed E-state index contributed by atoms with van der Waals surface area (Å²) in [6.07, 6.45) is -2.81. The molecule has 0 spiro atoms. The molecule has 2 amide bonds. The van der Waals surface area contributed by atoms with E-state index in [0.29, 0.717) is 42.0 Å². The van der Waals surface area contributed by atoms with Gasteiger partial charge in [-0.25, -0.2) is 4.37 Å². The number of carbonyl (C=O) groups is 2. The van der Waals surface area contributed by atoms with E-state index in [0.717, 1.165) is 25.2 Å². The predicted molar refractivity (Wildman–Crippen MR) is 113 cm³/mol.